The molecule has 2 saturated heterocycles. The topological polar surface area (TPSA) is 68.1 Å². The first-order chi connectivity index (χ1) is 15.0. The highest BCUT2D eigenvalue weighted by atomic mass is 19.1. The second-order valence-electron chi connectivity index (χ2n) is 8.18. The van der Waals surface area contributed by atoms with Gasteiger partial charge < -0.3 is 14.5 Å². The zero-order valence-electron chi connectivity index (χ0n) is 17.5. The van der Waals surface area contributed by atoms with E-state index in [1.807, 2.05) is 6.92 Å². The van der Waals surface area contributed by atoms with E-state index in [9.17, 15) is 18.8 Å². The highest BCUT2D eigenvalue weighted by molar-refractivity contribution is 6.44. The Morgan fingerprint density at radius 1 is 1.06 bits per heavy atom. The third kappa shape index (κ3) is 4.43. The number of benzene rings is 2. The van der Waals surface area contributed by atoms with Crippen LogP contribution in [-0.4, -0.2) is 61.8 Å². The minimum absolute atomic E-state index is 0.347. The number of aryl methyl sites for hydroxylation is 1. The fraction of sp³-hybridized carbons (Fsp3) is 0.375. The molecule has 0 saturated carbocycles. The molecule has 1 N–H and O–H groups in total. The fourth-order valence-corrected chi connectivity index (χ4v) is 4.35. The predicted octanol–water partition coefficient (Wildman–Crippen LogP) is 1.00. The molecule has 0 radical (unpaired) electrons. The number of nitrogens with zero attached hydrogens (tertiary/aromatic N) is 1. The summed E-state index contributed by atoms with van der Waals surface area (Å²) < 4.78 is 18.9. The Hall–Kier alpha value is -2.90. The van der Waals surface area contributed by atoms with Crippen LogP contribution in [0.15, 0.2) is 48.5 Å². The molecule has 4 rings (SSSR count). The molecular formula is C24H26FN2O4+. The summed E-state index contributed by atoms with van der Waals surface area (Å²) in [7, 11) is 0. The van der Waals surface area contributed by atoms with E-state index in [2.05, 4.69) is 0 Å². The third-order valence-electron chi connectivity index (χ3n) is 6.14. The van der Waals surface area contributed by atoms with Gasteiger partial charge in [-0.05, 0) is 24.6 Å². The molecule has 162 valence electrons. The van der Waals surface area contributed by atoms with Crippen molar-refractivity contribution in [1.82, 2.24) is 4.90 Å². The van der Waals surface area contributed by atoms with Crippen LogP contribution in [0, 0.1) is 18.7 Å². The van der Waals surface area contributed by atoms with Crippen LogP contribution in [0.1, 0.15) is 27.5 Å². The molecule has 2 aliphatic heterocycles. The molecule has 1 amide bonds. The number of ketones is 2. The summed E-state index contributed by atoms with van der Waals surface area (Å²) in [5.41, 5.74) is 1.98. The van der Waals surface area contributed by atoms with Gasteiger partial charge in [-0.3, -0.25) is 14.4 Å². The summed E-state index contributed by atoms with van der Waals surface area (Å²) in [6.07, 6.45) is 0. The van der Waals surface area contributed by atoms with Crippen LogP contribution in [0.2, 0.25) is 0 Å². The second-order valence-corrected chi connectivity index (χ2v) is 8.18. The largest absolute Gasteiger partial charge is 0.370 e. The molecule has 6 nitrogen and oxygen atoms in total. The Morgan fingerprint density at radius 2 is 1.71 bits per heavy atom. The van der Waals surface area contributed by atoms with Crippen LogP contribution in [0.3, 0.4) is 0 Å². The Morgan fingerprint density at radius 3 is 2.35 bits per heavy atom. The Kier molecular flexibility index (Phi) is 6.25. The van der Waals surface area contributed by atoms with E-state index in [1.165, 1.54) is 21.9 Å². The van der Waals surface area contributed by atoms with E-state index in [0.717, 1.165) is 18.7 Å². The maximum atomic E-state index is 13.5. The van der Waals surface area contributed by atoms with Gasteiger partial charge in [-0.15, -0.1) is 0 Å². The number of amides is 1. The van der Waals surface area contributed by atoms with Crippen molar-refractivity contribution >= 4 is 17.5 Å². The minimum Gasteiger partial charge on any atom is -0.370 e. The predicted molar refractivity (Wildman–Crippen MR) is 111 cm³/mol. The molecule has 7 heteroatoms. The van der Waals surface area contributed by atoms with Gasteiger partial charge in [0.25, 0.3) is 5.91 Å². The van der Waals surface area contributed by atoms with Gasteiger partial charge in [0, 0.05) is 5.56 Å². The van der Waals surface area contributed by atoms with Crippen LogP contribution < -0.4 is 4.90 Å². The van der Waals surface area contributed by atoms with Gasteiger partial charge in [-0.25, -0.2) is 4.39 Å². The van der Waals surface area contributed by atoms with Gasteiger partial charge >= 0.3 is 0 Å². The Labute approximate surface area is 180 Å². The number of hydrogen-bond acceptors (Lipinski definition) is 4. The molecule has 0 aliphatic carbocycles. The number of Topliss-reactive ketones (excluding diaryl/α,β-unsaturated/α-hetero) is 2. The highest BCUT2D eigenvalue weighted by Crippen LogP contribution is 2.38. The summed E-state index contributed by atoms with van der Waals surface area (Å²) in [6, 6.07) is 11.9. The van der Waals surface area contributed by atoms with Crippen LogP contribution in [0.4, 0.5) is 4.39 Å². The maximum absolute atomic E-state index is 13.5. The molecule has 0 aromatic heterocycles. The molecule has 31 heavy (non-hydrogen) atoms. The van der Waals surface area contributed by atoms with Crippen molar-refractivity contribution in [2.75, 3.05) is 39.4 Å². The lowest BCUT2D eigenvalue weighted by atomic mass is 9.86. The quantitative estimate of drug-likeness (QED) is 0.426. The third-order valence-corrected chi connectivity index (χ3v) is 6.14. The Bertz CT molecular complexity index is 968. The van der Waals surface area contributed by atoms with Crippen molar-refractivity contribution in [3.05, 3.63) is 71.0 Å². The molecular weight excluding hydrogens is 399 g/mol. The van der Waals surface area contributed by atoms with Gasteiger partial charge in [0.2, 0.25) is 5.78 Å². The van der Waals surface area contributed by atoms with Gasteiger partial charge in [0.1, 0.15) is 24.8 Å². The average molecular weight is 425 g/mol. The first kappa shape index (κ1) is 21.3. The van der Waals surface area contributed by atoms with Crippen molar-refractivity contribution in [2.24, 2.45) is 5.92 Å². The van der Waals surface area contributed by atoms with Crippen molar-refractivity contribution in [3.8, 4) is 0 Å². The lowest BCUT2D eigenvalue weighted by Gasteiger charge is -2.30. The molecule has 2 heterocycles. The zero-order valence-corrected chi connectivity index (χ0v) is 17.5. The SMILES string of the molecule is Cc1ccc(C(=O)C2C(=O)C(=O)N(CC[NH+]3CCOCC3)C2c2ccc(F)cc2)cc1. The standard InChI is InChI=1S/C24H25FN2O4/c1-16-2-4-18(5-3-16)22(28)20-21(17-6-8-19(25)9-7-17)27(24(30)23(20)29)11-10-26-12-14-31-15-13-26/h2-9,20-21H,10-15H2,1H3/p+1. The molecule has 2 unspecified atom stereocenters. The van der Waals surface area contributed by atoms with Crippen molar-refractivity contribution < 1.29 is 28.4 Å². The molecule has 2 aromatic rings. The van der Waals surface area contributed by atoms with Crippen LogP contribution in [0.25, 0.3) is 0 Å². The van der Waals surface area contributed by atoms with Crippen LogP contribution in [0.5, 0.6) is 0 Å². The number of halogens is 1. The van der Waals surface area contributed by atoms with E-state index in [0.29, 0.717) is 37.4 Å². The molecule has 0 bridgehead atoms. The first-order valence-corrected chi connectivity index (χ1v) is 10.6. The van der Waals surface area contributed by atoms with Gasteiger partial charge in [-0.1, -0.05) is 42.0 Å². The normalized spacial score (nSPS) is 22.2. The van der Waals surface area contributed by atoms with Crippen molar-refractivity contribution in [3.63, 3.8) is 0 Å². The van der Waals surface area contributed by atoms with E-state index in [-0.39, 0.29) is 5.78 Å². The maximum Gasteiger partial charge on any atom is 0.291 e. The lowest BCUT2D eigenvalue weighted by molar-refractivity contribution is -0.907. The van der Waals surface area contributed by atoms with Crippen molar-refractivity contribution in [1.29, 1.82) is 0 Å². The number of carbonyl (C=O) groups excluding carboxylic acids is 3. The number of nitrogens with one attached hydrogen (secondary N) is 1. The fourth-order valence-electron chi connectivity index (χ4n) is 4.35. The number of quaternary nitrogens is 1. The summed E-state index contributed by atoms with van der Waals surface area (Å²) in [5, 5.41) is 0. The summed E-state index contributed by atoms with van der Waals surface area (Å²) in [4.78, 5) is 42.0. The number of rotatable bonds is 6. The lowest BCUT2D eigenvalue weighted by Crippen LogP contribution is -3.14. The number of ether oxygens (including phenoxy) is 1. The molecule has 2 aliphatic rings. The Balaban J connectivity index is 1.65. The van der Waals surface area contributed by atoms with Crippen molar-refractivity contribution in [2.45, 2.75) is 13.0 Å². The number of carbonyl (C=O) groups is 3. The number of likely N-dealkylation sites (tertiary alicyclic amines) is 1. The first-order valence-electron chi connectivity index (χ1n) is 10.6. The van der Waals surface area contributed by atoms with E-state index < -0.39 is 29.5 Å². The van der Waals surface area contributed by atoms with E-state index in [1.54, 1.807) is 36.4 Å². The van der Waals surface area contributed by atoms with E-state index in [4.69, 9.17) is 4.74 Å². The van der Waals surface area contributed by atoms with Gasteiger partial charge in [0.05, 0.1) is 32.3 Å². The van der Waals surface area contributed by atoms with E-state index >= 15 is 0 Å². The smallest absolute Gasteiger partial charge is 0.291 e. The summed E-state index contributed by atoms with van der Waals surface area (Å²) in [6.45, 7) is 5.92. The summed E-state index contributed by atoms with van der Waals surface area (Å²) in [5.74, 6) is -3.27. The minimum atomic E-state index is -1.14. The molecule has 2 atom stereocenters. The molecule has 2 aromatic carbocycles. The summed E-state index contributed by atoms with van der Waals surface area (Å²) >= 11 is 0. The average Bonchev–Trinajstić information content (AvgIpc) is 3.04. The zero-order chi connectivity index (χ0) is 22.0. The van der Waals surface area contributed by atoms with Gasteiger partial charge in [0.15, 0.2) is 5.78 Å². The molecule has 0 spiro atoms. The second kappa shape index (κ2) is 9.08. The number of hydrogen-bond donors (Lipinski definition) is 1. The van der Waals surface area contributed by atoms with Crippen LogP contribution >= 0.6 is 0 Å². The highest BCUT2D eigenvalue weighted by Gasteiger charge is 2.51. The van der Waals surface area contributed by atoms with Crippen LogP contribution in [-0.2, 0) is 14.3 Å². The number of morpholine rings is 1. The van der Waals surface area contributed by atoms with Gasteiger partial charge in [-0.2, -0.15) is 0 Å². The monoisotopic (exact) mass is 425 g/mol. The molecule has 2 fully saturated rings.